The Morgan fingerprint density at radius 1 is 1.69 bits per heavy atom. The normalized spacial score (nSPS) is 20.4. The summed E-state index contributed by atoms with van der Waals surface area (Å²) in [7, 11) is 1.96. The molecule has 1 aliphatic rings. The van der Waals surface area contributed by atoms with Crippen LogP contribution >= 0.6 is 11.8 Å². The monoisotopic (exact) mass is 242 g/mol. The summed E-state index contributed by atoms with van der Waals surface area (Å²) in [6, 6.07) is 0. The van der Waals surface area contributed by atoms with Crippen LogP contribution in [-0.2, 0) is 11.8 Å². The van der Waals surface area contributed by atoms with Gasteiger partial charge in [-0.1, -0.05) is 11.8 Å². The quantitative estimate of drug-likeness (QED) is 0.582. The topological polar surface area (TPSA) is 52.0 Å². The number of hydrogen-bond donors (Lipinski definition) is 1. The maximum Gasteiger partial charge on any atom is 0.190 e. The van der Waals surface area contributed by atoms with Crippen molar-refractivity contribution in [2.75, 3.05) is 32.1 Å². The van der Waals surface area contributed by atoms with E-state index < -0.39 is 0 Å². The first-order valence-corrected chi connectivity index (χ1v) is 6.60. The van der Waals surface area contributed by atoms with Crippen molar-refractivity contribution >= 4 is 11.8 Å². The third-order valence-corrected chi connectivity index (χ3v) is 3.67. The van der Waals surface area contributed by atoms with E-state index in [0.717, 1.165) is 37.2 Å². The second kappa shape index (κ2) is 6.22. The van der Waals surface area contributed by atoms with Gasteiger partial charge in [-0.2, -0.15) is 0 Å². The van der Waals surface area contributed by atoms with E-state index in [1.54, 1.807) is 18.1 Å². The first-order chi connectivity index (χ1) is 7.86. The Kier molecular flexibility index (Phi) is 4.62. The third kappa shape index (κ3) is 3.47. The SMILES string of the molecule is Cn1cnnc1SCCNCC1CCOC1. The molecule has 5 nitrogen and oxygen atoms in total. The molecule has 0 saturated carbocycles. The van der Waals surface area contributed by atoms with Crippen LogP contribution in [0.25, 0.3) is 0 Å². The van der Waals surface area contributed by atoms with Crippen LogP contribution in [0.3, 0.4) is 0 Å². The fourth-order valence-electron chi connectivity index (χ4n) is 1.67. The van der Waals surface area contributed by atoms with E-state index in [-0.39, 0.29) is 0 Å². The molecular weight excluding hydrogens is 224 g/mol. The maximum absolute atomic E-state index is 5.32. The van der Waals surface area contributed by atoms with Gasteiger partial charge in [0.05, 0.1) is 6.61 Å². The molecule has 1 fully saturated rings. The molecule has 1 aromatic heterocycles. The van der Waals surface area contributed by atoms with Crippen LogP contribution in [-0.4, -0.2) is 46.8 Å². The minimum atomic E-state index is 0.708. The molecule has 0 amide bonds. The summed E-state index contributed by atoms with van der Waals surface area (Å²) in [5, 5.41) is 12.3. The van der Waals surface area contributed by atoms with Crippen LogP contribution in [0.15, 0.2) is 11.5 Å². The van der Waals surface area contributed by atoms with Gasteiger partial charge in [0.15, 0.2) is 5.16 Å². The zero-order valence-corrected chi connectivity index (χ0v) is 10.4. The van der Waals surface area contributed by atoms with Gasteiger partial charge in [0.2, 0.25) is 0 Å². The van der Waals surface area contributed by atoms with Crippen molar-refractivity contribution in [3.63, 3.8) is 0 Å². The highest BCUT2D eigenvalue weighted by Gasteiger charge is 2.14. The van der Waals surface area contributed by atoms with E-state index in [2.05, 4.69) is 15.5 Å². The molecular formula is C10H18N4OS. The summed E-state index contributed by atoms with van der Waals surface area (Å²) in [6.07, 6.45) is 2.93. The number of aromatic nitrogens is 3. The van der Waals surface area contributed by atoms with Crippen LogP contribution in [0.5, 0.6) is 0 Å². The second-order valence-electron chi connectivity index (χ2n) is 4.01. The molecule has 6 heteroatoms. The Morgan fingerprint density at radius 3 is 3.31 bits per heavy atom. The van der Waals surface area contributed by atoms with Crippen molar-refractivity contribution in [3.8, 4) is 0 Å². The van der Waals surface area contributed by atoms with E-state index >= 15 is 0 Å². The summed E-state index contributed by atoms with van der Waals surface area (Å²) in [6.45, 7) is 3.93. The van der Waals surface area contributed by atoms with E-state index in [9.17, 15) is 0 Å². The Hall–Kier alpha value is -0.590. The summed E-state index contributed by atoms with van der Waals surface area (Å²) in [5.41, 5.74) is 0. The van der Waals surface area contributed by atoms with E-state index in [0.29, 0.717) is 5.92 Å². The van der Waals surface area contributed by atoms with Crippen LogP contribution < -0.4 is 5.32 Å². The number of nitrogens with zero attached hydrogens (tertiary/aromatic N) is 3. The molecule has 90 valence electrons. The average molecular weight is 242 g/mol. The van der Waals surface area contributed by atoms with Crippen molar-refractivity contribution in [3.05, 3.63) is 6.33 Å². The molecule has 0 aliphatic carbocycles. The van der Waals surface area contributed by atoms with Crippen molar-refractivity contribution < 1.29 is 4.74 Å². The van der Waals surface area contributed by atoms with Crippen molar-refractivity contribution in [1.29, 1.82) is 0 Å². The molecule has 1 atom stereocenters. The Bertz CT molecular complexity index is 312. The fourth-order valence-corrected chi connectivity index (χ4v) is 2.45. The second-order valence-corrected chi connectivity index (χ2v) is 5.07. The summed E-state index contributed by atoms with van der Waals surface area (Å²) in [4.78, 5) is 0. The molecule has 0 spiro atoms. The highest BCUT2D eigenvalue weighted by Crippen LogP contribution is 2.13. The highest BCUT2D eigenvalue weighted by molar-refractivity contribution is 7.99. The molecule has 0 bridgehead atoms. The van der Waals surface area contributed by atoms with Gasteiger partial charge in [0, 0.05) is 32.5 Å². The first kappa shape index (κ1) is 11.9. The molecule has 16 heavy (non-hydrogen) atoms. The van der Waals surface area contributed by atoms with Crippen molar-refractivity contribution in [1.82, 2.24) is 20.1 Å². The number of ether oxygens (including phenoxy) is 1. The third-order valence-electron chi connectivity index (χ3n) is 2.64. The maximum atomic E-state index is 5.32. The van der Waals surface area contributed by atoms with Crippen LogP contribution in [0.2, 0.25) is 0 Å². The van der Waals surface area contributed by atoms with Gasteiger partial charge in [-0.25, -0.2) is 0 Å². The smallest absolute Gasteiger partial charge is 0.190 e. The minimum Gasteiger partial charge on any atom is -0.381 e. The van der Waals surface area contributed by atoms with Gasteiger partial charge in [-0.15, -0.1) is 10.2 Å². The van der Waals surface area contributed by atoms with Gasteiger partial charge < -0.3 is 14.6 Å². The molecule has 1 unspecified atom stereocenters. The van der Waals surface area contributed by atoms with Crippen LogP contribution in [0.4, 0.5) is 0 Å². The molecule has 2 rings (SSSR count). The number of thioether (sulfide) groups is 1. The number of hydrogen-bond acceptors (Lipinski definition) is 5. The van der Waals surface area contributed by atoms with E-state index in [1.807, 2.05) is 11.6 Å². The molecule has 0 aromatic carbocycles. The Labute approximate surface area is 100.0 Å². The standard InChI is InChI=1S/C10H18N4OS/c1-14-8-12-13-10(14)16-5-3-11-6-9-2-4-15-7-9/h8-9,11H,2-7H2,1H3. The lowest BCUT2D eigenvalue weighted by molar-refractivity contribution is 0.185. The summed E-state index contributed by atoms with van der Waals surface area (Å²) >= 11 is 1.73. The van der Waals surface area contributed by atoms with Crippen LogP contribution in [0.1, 0.15) is 6.42 Å². The van der Waals surface area contributed by atoms with Crippen LogP contribution in [0, 0.1) is 5.92 Å². The first-order valence-electron chi connectivity index (χ1n) is 5.61. The largest absolute Gasteiger partial charge is 0.381 e. The summed E-state index contributed by atoms with van der Waals surface area (Å²) in [5.74, 6) is 1.74. The molecule has 1 saturated heterocycles. The molecule has 1 N–H and O–H groups in total. The van der Waals surface area contributed by atoms with Crippen molar-refractivity contribution in [2.45, 2.75) is 11.6 Å². The Balaban J connectivity index is 1.53. The van der Waals surface area contributed by atoms with Gasteiger partial charge in [0.25, 0.3) is 0 Å². The molecule has 0 radical (unpaired) electrons. The fraction of sp³-hybridized carbons (Fsp3) is 0.800. The molecule has 1 aliphatic heterocycles. The lowest BCUT2D eigenvalue weighted by Gasteiger charge is -2.08. The van der Waals surface area contributed by atoms with E-state index in [1.165, 1.54) is 6.42 Å². The lowest BCUT2D eigenvalue weighted by atomic mass is 10.1. The predicted octanol–water partition coefficient (Wildman–Crippen LogP) is 0.533. The summed E-state index contributed by atoms with van der Waals surface area (Å²) < 4.78 is 7.26. The van der Waals surface area contributed by atoms with Gasteiger partial charge in [0.1, 0.15) is 6.33 Å². The molecule has 2 heterocycles. The van der Waals surface area contributed by atoms with Gasteiger partial charge >= 0.3 is 0 Å². The Morgan fingerprint density at radius 2 is 2.62 bits per heavy atom. The van der Waals surface area contributed by atoms with E-state index in [4.69, 9.17) is 4.74 Å². The average Bonchev–Trinajstić information content (AvgIpc) is 2.90. The van der Waals surface area contributed by atoms with Crippen molar-refractivity contribution in [2.24, 2.45) is 13.0 Å². The minimum absolute atomic E-state index is 0.708. The zero-order chi connectivity index (χ0) is 11.2. The highest BCUT2D eigenvalue weighted by atomic mass is 32.2. The lowest BCUT2D eigenvalue weighted by Crippen LogP contribution is -2.25. The number of rotatable bonds is 6. The van der Waals surface area contributed by atoms with Gasteiger partial charge in [-0.3, -0.25) is 0 Å². The molecule has 1 aromatic rings. The number of aryl methyl sites for hydroxylation is 1. The predicted molar refractivity (Wildman–Crippen MR) is 63.5 cm³/mol. The van der Waals surface area contributed by atoms with Gasteiger partial charge in [-0.05, 0) is 12.3 Å². The number of nitrogens with one attached hydrogen (secondary N) is 1. The zero-order valence-electron chi connectivity index (χ0n) is 9.56.